The normalized spacial score (nSPS) is 10.4. The second-order valence-electron chi connectivity index (χ2n) is 3.94. The number of carbonyl (C=O) groups excluding carboxylic acids is 1. The van der Waals surface area contributed by atoms with E-state index in [0.717, 1.165) is 12.1 Å². The van der Waals surface area contributed by atoms with Crippen LogP contribution in [0, 0.1) is 11.6 Å². The lowest BCUT2D eigenvalue weighted by Crippen LogP contribution is -2.16. The van der Waals surface area contributed by atoms with Gasteiger partial charge in [0.05, 0.1) is 10.7 Å². The van der Waals surface area contributed by atoms with E-state index in [9.17, 15) is 13.6 Å². The lowest BCUT2D eigenvalue weighted by Gasteiger charge is -2.09. The number of anilines is 2. The van der Waals surface area contributed by atoms with E-state index in [-0.39, 0.29) is 15.2 Å². The number of nitrogen functional groups attached to an aromatic ring is 1. The van der Waals surface area contributed by atoms with Crippen molar-refractivity contribution < 1.29 is 13.6 Å². The summed E-state index contributed by atoms with van der Waals surface area (Å²) in [6.45, 7) is 0. The van der Waals surface area contributed by atoms with Crippen molar-refractivity contribution in [3.63, 3.8) is 0 Å². The maximum absolute atomic E-state index is 13.7. The minimum absolute atomic E-state index is 0.179. The molecule has 3 nitrogen and oxygen atoms in total. The molecule has 0 fully saturated rings. The van der Waals surface area contributed by atoms with Crippen LogP contribution >= 0.6 is 27.5 Å². The van der Waals surface area contributed by atoms with Gasteiger partial charge in [-0.05, 0) is 30.3 Å². The first-order valence-electron chi connectivity index (χ1n) is 5.39. The summed E-state index contributed by atoms with van der Waals surface area (Å²) in [6.07, 6.45) is 0. The highest BCUT2D eigenvalue weighted by Crippen LogP contribution is 2.26. The van der Waals surface area contributed by atoms with E-state index in [1.807, 2.05) is 0 Å². The standard InChI is InChI=1S/C13H8BrClF2N2O/c14-6-3-9(16)12(10(17)4-6)13(20)19-11-5-7(18)1-2-8(11)15/h1-5H,18H2,(H,19,20). The van der Waals surface area contributed by atoms with Crippen molar-refractivity contribution in [2.75, 3.05) is 11.1 Å². The van der Waals surface area contributed by atoms with E-state index in [0.29, 0.717) is 5.69 Å². The molecule has 104 valence electrons. The van der Waals surface area contributed by atoms with Gasteiger partial charge in [0.15, 0.2) is 0 Å². The van der Waals surface area contributed by atoms with Gasteiger partial charge in [0.2, 0.25) is 0 Å². The predicted molar refractivity (Wildman–Crippen MR) is 77.9 cm³/mol. The molecule has 0 radical (unpaired) electrons. The Morgan fingerprint density at radius 1 is 1.20 bits per heavy atom. The minimum atomic E-state index is -0.977. The van der Waals surface area contributed by atoms with Crippen LogP contribution in [0.1, 0.15) is 10.4 Å². The Bertz CT molecular complexity index is 671. The van der Waals surface area contributed by atoms with Gasteiger partial charge in [-0.3, -0.25) is 4.79 Å². The third-order valence-corrected chi connectivity index (χ3v) is 3.26. The van der Waals surface area contributed by atoms with Gasteiger partial charge in [0.1, 0.15) is 17.2 Å². The maximum Gasteiger partial charge on any atom is 0.261 e. The Labute approximate surface area is 126 Å². The minimum Gasteiger partial charge on any atom is -0.399 e. The summed E-state index contributed by atoms with van der Waals surface area (Å²) in [5.74, 6) is -2.90. The lowest BCUT2D eigenvalue weighted by molar-refractivity contribution is 0.101. The molecule has 20 heavy (non-hydrogen) atoms. The van der Waals surface area contributed by atoms with Gasteiger partial charge in [-0.15, -0.1) is 0 Å². The van der Waals surface area contributed by atoms with Crippen LogP contribution in [0.25, 0.3) is 0 Å². The molecule has 3 N–H and O–H groups in total. The van der Waals surface area contributed by atoms with Gasteiger partial charge in [0, 0.05) is 10.2 Å². The van der Waals surface area contributed by atoms with Crippen LogP contribution in [0.2, 0.25) is 5.02 Å². The number of halogens is 4. The molecule has 0 aliphatic carbocycles. The molecule has 2 aromatic rings. The molecule has 0 atom stereocenters. The van der Waals surface area contributed by atoms with Crippen LogP contribution in [-0.2, 0) is 0 Å². The van der Waals surface area contributed by atoms with Gasteiger partial charge in [-0.25, -0.2) is 8.78 Å². The maximum atomic E-state index is 13.7. The Kier molecular flexibility index (Phi) is 4.25. The molecule has 0 saturated heterocycles. The average Bonchev–Trinajstić information content (AvgIpc) is 2.32. The molecule has 0 aliphatic rings. The highest BCUT2D eigenvalue weighted by atomic mass is 79.9. The van der Waals surface area contributed by atoms with Crippen molar-refractivity contribution in [2.45, 2.75) is 0 Å². The number of nitrogens with one attached hydrogen (secondary N) is 1. The van der Waals surface area contributed by atoms with Crippen molar-refractivity contribution in [2.24, 2.45) is 0 Å². The molecule has 2 aromatic carbocycles. The smallest absolute Gasteiger partial charge is 0.261 e. The Morgan fingerprint density at radius 3 is 2.40 bits per heavy atom. The topological polar surface area (TPSA) is 55.1 Å². The van der Waals surface area contributed by atoms with Crippen LogP contribution < -0.4 is 11.1 Å². The van der Waals surface area contributed by atoms with E-state index in [4.69, 9.17) is 17.3 Å². The second kappa shape index (κ2) is 5.76. The van der Waals surface area contributed by atoms with Crippen LogP contribution in [0.4, 0.5) is 20.2 Å². The number of hydrogen-bond acceptors (Lipinski definition) is 2. The molecular weight excluding hydrogens is 354 g/mol. The van der Waals surface area contributed by atoms with Crippen molar-refractivity contribution >= 4 is 44.8 Å². The third kappa shape index (κ3) is 3.08. The Morgan fingerprint density at radius 2 is 1.80 bits per heavy atom. The first-order chi connectivity index (χ1) is 9.38. The zero-order valence-electron chi connectivity index (χ0n) is 9.88. The van der Waals surface area contributed by atoms with Crippen LogP contribution in [0.5, 0.6) is 0 Å². The van der Waals surface area contributed by atoms with Gasteiger partial charge < -0.3 is 11.1 Å². The number of nitrogens with two attached hydrogens (primary N) is 1. The van der Waals surface area contributed by atoms with E-state index >= 15 is 0 Å². The van der Waals surface area contributed by atoms with E-state index in [1.54, 1.807) is 6.07 Å². The number of amides is 1. The molecule has 0 saturated carbocycles. The molecule has 0 aromatic heterocycles. The molecule has 7 heteroatoms. The first-order valence-corrected chi connectivity index (χ1v) is 6.56. The highest BCUT2D eigenvalue weighted by molar-refractivity contribution is 9.10. The van der Waals surface area contributed by atoms with Gasteiger partial charge in [-0.2, -0.15) is 0 Å². The predicted octanol–water partition coefficient (Wildman–Crippen LogP) is 4.22. The van der Waals surface area contributed by atoms with E-state index < -0.39 is 23.1 Å². The molecule has 1 amide bonds. The van der Waals surface area contributed by atoms with Crippen molar-refractivity contribution in [3.05, 3.63) is 57.0 Å². The number of hydrogen-bond donors (Lipinski definition) is 2. The fourth-order valence-corrected chi connectivity index (χ4v) is 2.15. The Hall–Kier alpha value is -1.66. The van der Waals surface area contributed by atoms with Crippen molar-refractivity contribution in [1.29, 1.82) is 0 Å². The van der Waals surface area contributed by atoms with Gasteiger partial charge in [0.25, 0.3) is 5.91 Å². The molecule has 0 heterocycles. The summed E-state index contributed by atoms with van der Waals surface area (Å²) in [6, 6.07) is 6.41. The summed E-state index contributed by atoms with van der Waals surface area (Å²) < 4.78 is 27.5. The number of carbonyl (C=O) groups is 1. The van der Waals surface area contributed by atoms with Crippen molar-refractivity contribution in [1.82, 2.24) is 0 Å². The zero-order valence-corrected chi connectivity index (χ0v) is 12.2. The molecule has 0 bridgehead atoms. The zero-order chi connectivity index (χ0) is 14.9. The highest BCUT2D eigenvalue weighted by Gasteiger charge is 2.19. The van der Waals surface area contributed by atoms with Crippen LogP contribution in [0.15, 0.2) is 34.8 Å². The van der Waals surface area contributed by atoms with Crippen LogP contribution in [0.3, 0.4) is 0 Å². The Balaban J connectivity index is 2.36. The SMILES string of the molecule is Nc1ccc(Cl)c(NC(=O)c2c(F)cc(Br)cc2F)c1. The summed E-state index contributed by atoms with van der Waals surface area (Å²) in [5, 5.41) is 2.54. The lowest BCUT2D eigenvalue weighted by atomic mass is 10.1. The molecule has 0 unspecified atom stereocenters. The second-order valence-corrected chi connectivity index (χ2v) is 5.26. The van der Waals surface area contributed by atoms with E-state index in [2.05, 4.69) is 21.2 Å². The van der Waals surface area contributed by atoms with Crippen LogP contribution in [-0.4, -0.2) is 5.91 Å². The number of rotatable bonds is 2. The summed E-state index contributed by atoms with van der Waals surface area (Å²) in [7, 11) is 0. The van der Waals surface area contributed by atoms with Gasteiger partial charge in [-0.1, -0.05) is 27.5 Å². The monoisotopic (exact) mass is 360 g/mol. The summed E-state index contributed by atoms with van der Waals surface area (Å²) >= 11 is 8.80. The van der Waals surface area contributed by atoms with E-state index in [1.165, 1.54) is 12.1 Å². The van der Waals surface area contributed by atoms with Crippen molar-refractivity contribution in [3.8, 4) is 0 Å². The fourth-order valence-electron chi connectivity index (χ4n) is 1.58. The summed E-state index contributed by atoms with van der Waals surface area (Å²) in [5.41, 5.74) is 5.41. The average molecular weight is 362 g/mol. The molecule has 2 rings (SSSR count). The molecule has 0 spiro atoms. The summed E-state index contributed by atoms with van der Waals surface area (Å²) in [4.78, 5) is 11.9. The third-order valence-electron chi connectivity index (χ3n) is 2.47. The molecule has 0 aliphatic heterocycles. The quantitative estimate of drug-likeness (QED) is 0.787. The largest absolute Gasteiger partial charge is 0.399 e. The molecular formula is C13H8BrClF2N2O. The first kappa shape index (κ1) is 14.7. The number of benzene rings is 2. The van der Waals surface area contributed by atoms with Gasteiger partial charge >= 0.3 is 0 Å². The fraction of sp³-hybridized carbons (Fsp3) is 0.